The quantitative estimate of drug-likeness (QED) is 0.735. The van der Waals surface area contributed by atoms with E-state index in [2.05, 4.69) is 14.9 Å². The van der Waals surface area contributed by atoms with Crippen LogP contribution in [0.2, 0.25) is 0 Å². The highest BCUT2D eigenvalue weighted by Gasteiger charge is 2.21. The smallest absolute Gasteiger partial charge is 0.265 e. The highest BCUT2D eigenvalue weighted by atomic mass is 32.1. The number of benzene rings is 2. The van der Waals surface area contributed by atoms with Crippen LogP contribution in [-0.4, -0.2) is 22.6 Å². The van der Waals surface area contributed by atoms with Gasteiger partial charge in [0.25, 0.3) is 5.91 Å². The summed E-state index contributed by atoms with van der Waals surface area (Å²) in [5.41, 5.74) is 2.72. The van der Waals surface area contributed by atoms with E-state index in [0.717, 1.165) is 34.1 Å². The Morgan fingerprint density at radius 3 is 2.44 bits per heavy atom. The number of carbonyl (C=O) groups excluding carboxylic acids is 1. The van der Waals surface area contributed by atoms with Crippen molar-refractivity contribution < 1.29 is 9.53 Å². The molecule has 0 radical (unpaired) electrons. The summed E-state index contributed by atoms with van der Waals surface area (Å²) in [5, 5.41) is 7.14. The summed E-state index contributed by atoms with van der Waals surface area (Å²) in [4.78, 5) is 13.3. The van der Waals surface area contributed by atoms with Gasteiger partial charge in [-0.2, -0.15) is 0 Å². The Hall–Kier alpha value is -2.73. The molecule has 0 spiro atoms. The normalized spacial score (nSPS) is 11.8. The Labute approximate surface area is 150 Å². The van der Waals surface area contributed by atoms with Gasteiger partial charge in [-0.15, -0.1) is 5.10 Å². The minimum absolute atomic E-state index is 0.156. The Morgan fingerprint density at radius 2 is 1.80 bits per heavy atom. The molecule has 1 aromatic heterocycles. The van der Waals surface area contributed by atoms with Crippen LogP contribution in [0.4, 0.5) is 0 Å². The minimum Gasteiger partial charge on any atom is -0.497 e. The number of hydrogen-bond acceptors (Lipinski definition) is 5. The van der Waals surface area contributed by atoms with Crippen molar-refractivity contribution in [3.05, 3.63) is 76.3 Å². The minimum atomic E-state index is -0.258. The number of ether oxygens (including phenoxy) is 1. The summed E-state index contributed by atoms with van der Waals surface area (Å²) >= 11 is 1.13. The molecule has 0 aliphatic heterocycles. The van der Waals surface area contributed by atoms with Gasteiger partial charge in [-0.05, 0) is 41.2 Å². The predicted octanol–water partition coefficient (Wildman–Crippen LogP) is 3.63. The highest BCUT2D eigenvalue weighted by molar-refractivity contribution is 7.08. The zero-order valence-electron chi connectivity index (χ0n) is 14.1. The SMILES string of the molecule is CCc1nnsc1C(=O)NC(c1ccccc1)c1ccc(OC)cc1. The van der Waals surface area contributed by atoms with Gasteiger partial charge in [0.15, 0.2) is 0 Å². The first-order valence-corrected chi connectivity index (χ1v) is 8.81. The van der Waals surface area contributed by atoms with Crippen LogP contribution in [0.25, 0.3) is 0 Å². The van der Waals surface area contributed by atoms with Crippen LogP contribution in [0, 0.1) is 0 Å². The fourth-order valence-electron chi connectivity index (χ4n) is 2.61. The van der Waals surface area contributed by atoms with E-state index in [-0.39, 0.29) is 11.9 Å². The molecule has 128 valence electrons. The molecule has 1 unspecified atom stereocenters. The van der Waals surface area contributed by atoms with Crippen molar-refractivity contribution in [2.75, 3.05) is 7.11 Å². The van der Waals surface area contributed by atoms with Crippen molar-refractivity contribution >= 4 is 17.4 Å². The summed E-state index contributed by atoms with van der Waals surface area (Å²) in [6, 6.07) is 17.3. The van der Waals surface area contributed by atoms with Crippen LogP contribution >= 0.6 is 11.5 Å². The highest BCUT2D eigenvalue weighted by Crippen LogP contribution is 2.25. The molecule has 25 heavy (non-hydrogen) atoms. The summed E-state index contributed by atoms with van der Waals surface area (Å²) in [7, 11) is 1.63. The number of methoxy groups -OCH3 is 1. The number of hydrogen-bond donors (Lipinski definition) is 1. The molecule has 0 fully saturated rings. The Balaban J connectivity index is 1.92. The Bertz CT molecular complexity index is 831. The maximum atomic E-state index is 12.8. The largest absolute Gasteiger partial charge is 0.497 e. The molecule has 3 rings (SSSR count). The van der Waals surface area contributed by atoms with Crippen molar-refractivity contribution in [2.45, 2.75) is 19.4 Å². The molecule has 0 aliphatic carbocycles. The van der Waals surface area contributed by atoms with Crippen molar-refractivity contribution in [3.8, 4) is 5.75 Å². The van der Waals surface area contributed by atoms with Crippen LogP contribution in [0.1, 0.15) is 39.5 Å². The van der Waals surface area contributed by atoms with Crippen molar-refractivity contribution in [2.24, 2.45) is 0 Å². The third-order valence-corrected chi connectivity index (χ3v) is 4.72. The first-order chi connectivity index (χ1) is 12.2. The lowest BCUT2D eigenvalue weighted by molar-refractivity contribution is 0.0946. The molecule has 0 saturated carbocycles. The van der Waals surface area contributed by atoms with Crippen molar-refractivity contribution in [3.63, 3.8) is 0 Å². The second-order valence-corrected chi connectivity index (χ2v) is 6.25. The Morgan fingerprint density at radius 1 is 1.12 bits per heavy atom. The molecule has 1 heterocycles. The zero-order chi connectivity index (χ0) is 17.6. The van der Waals surface area contributed by atoms with Crippen LogP contribution in [0.3, 0.4) is 0 Å². The lowest BCUT2D eigenvalue weighted by Crippen LogP contribution is -2.29. The van der Waals surface area contributed by atoms with Crippen LogP contribution in [0.5, 0.6) is 5.75 Å². The second kappa shape index (κ2) is 7.90. The van der Waals surface area contributed by atoms with Crippen molar-refractivity contribution in [1.82, 2.24) is 14.9 Å². The molecular formula is C19H19N3O2S. The number of rotatable bonds is 6. The molecule has 5 nitrogen and oxygen atoms in total. The average Bonchev–Trinajstić information content (AvgIpc) is 3.16. The van der Waals surface area contributed by atoms with E-state index in [9.17, 15) is 4.79 Å². The molecule has 0 saturated heterocycles. The summed E-state index contributed by atoms with van der Waals surface area (Å²) in [5.74, 6) is 0.623. The van der Waals surface area contributed by atoms with Gasteiger partial charge in [-0.25, -0.2) is 0 Å². The van der Waals surface area contributed by atoms with Gasteiger partial charge in [0.1, 0.15) is 10.6 Å². The van der Waals surface area contributed by atoms with E-state index in [1.165, 1.54) is 0 Å². The molecule has 3 aromatic rings. The van der Waals surface area contributed by atoms with Gasteiger partial charge in [0, 0.05) is 0 Å². The lowest BCUT2D eigenvalue weighted by Gasteiger charge is -2.20. The molecule has 1 N–H and O–H groups in total. The van der Waals surface area contributed by atoms with Gasteiger partial charge in [-0.1, -0.05) is 53.9 Å². The van der Waals surface area contributed by atoms with Gasteiger partial charge in [0.2, 0.25) is 0 Å². The number of carbonyl (C=O) groups is 1. The molecule has 2 aromatic carbocycles. The molecule has 0 aliphatic rings. The van der Waals surface area contributed by atoms with E-state index >= 15 is 0 Å². The number of aryl methyl sites for hydroxylation is 1. The second-order valence-electron chi connectivity index (χ2n) is 5.49. The zero-order valence-corrected chi connectivity index (χ0v) is 14.9. The number of nitrogens with zero attached hydrogens (tertiary/aromatic N) is 2. The predicted molar refractivity (Wildman–Crippen MR) is 98.0 cm³/mol. The van der Waals surface area contributed by atoms with Gasteiger partial charge >= 0.3 is 0 Å². The fraction of sp³-hybridized carbons (Fsp3) is 0.211. The fourth-order valence-corrected chi connectivity index (χ4v) is 3.26. The van der Waals surface area contributed by atoms with Gasteiger partial charge in [0.05, 0.1) is 18.8 Å². The van der Waals surface area contributed by atoms with Gasteiger partial charge < -0.3 is 10.1 Å². The topological polar surface area (TPSA) is 64.1 Å². The maximum absolute atomic E-state index is 12.8. The molecule has 1 amide bonds. The van der Waals surface area contributed by atoms with E-state index in [1.54, 1.807) is 7.11 Å². The third-order valence-electron chi connectivity index (χ3n) is 3.95. The number of amides is 1. The molecule has 6 heteroatoms. The van der Waals surface area contributed by atoms with Crippen molar-refractivity contribution in [1.29, 1.82) is 0 Å². The molecular weight excluding hydrogens is 334 g/mol. The summed E-state index contributed by atoms with van der Waals surface area (Å²) < 4.78 is 9.13. The number of aromatic nitrogens is 2. The van der Waals surface area contributed by atoms with Crippen LogP contribution in [0.15, 0.2) is 54.6 Å². The lowest BCUT2D eigenvalue weighted by atomic mass is 9.98. The molecule has 1 atom stereocenters. The maximum Gasteiger partial charge on any atom is 0.265 e. The number of nitrogens with one attached hydrogen (secondary N) is 1. The average molecular weight is 353 g/mol. The van der Waals surface area contributed by atoms with Crippen LogP contribution in [-0.2, 0) is 6.42 Å². The van der Waals surface area contributed by atoms with E-state index < -0.39 is 0 Å². The molecule has 0 bridgehead atoms. The van der Waals surface area contributed by atoms with Gasteiger partial charge in [-0.3, -0.25) is 4.79 Å². The van der Waals surface area contributed by atoms with Crippen LogP contribution < -0.4 is 10.1 Å². The summed E-state index contributed by atoms with van der Waals surface area (Å²) in [6.07, 6.45) is 0.678. The van der Waals surface area contributed by atoms with E-state index in [0.29, 0.717) is 11.3 Å². The van der Waals surface area contributed by atoms with E-state index in [1.807, 2.05) is 61.5 Å². The monoisotopic (exact) mass is 353 g/mol. The third kappa shape index (κ3) is 3.85. The summed E-state index contributed by atoms with van der Waals surface area (Å²) in [6.45, 7) is 1.96. The standard InChI is InChI=1S/C19H19N3O2S/c1-3-16-18(25-22-21-16)19(23)20-17(13-7-5-4-6-8-13)14-9-11-15(24-2)12-10-14/h4-12,17H,3H2,1-2H3,(H,20,23). The Kier molecular flexibility index (Phi) is 5.40. The van der Waals surface area contributed by atoms with E-state index in [4.69, 9.17) is 4.74 Å². The first kappa shape index (κ1) is 17.1. The first-order valence-electron chi connectivity index (χ1n) is 8.04.